The van der Waals surface area contributed by atoms with Gasteiger partial charge < -0.3 is 3.53 Å². The average Bonchev–Trinajstić information content (AvgIpc) is 2.65. The normalized spacial score (nSPS) is 10.1. The van der Waals surface area contributed by atoms with E-state index in [1.807, 2.05) is 11.3 Å². The molecule has 2 aromatic rings. The summed E-state index contributed by atoms with van der Waals surface area (Å²) in [4.78, 5) is 2.68. The van der Waals surface area contributed by atoms with E-state index in [4.69, 9.17) is 0 Å². The van der Waals surface area contributed by atoms with Crippen LogP contribution >= 0.6 is 34.2 Å². The van der Waals surface area contributed by atoms with Gasteiger partial charge in [0.05, 0.1) is 22.9 Å². The molecule has 1 aromatic carbocycles. The lowest BCUT2D eigenvalue weighted by molar-refractivity contribution is 1.64. The molecule has 0 aliphatic rings. The van der Waals surface area contributed by atoms with E-state index < -0.39 is 0 Å². The fraction of sp³-hybridized carbons (Fsp3) is 0.0909. The van der Waals surface area contributed by atoms with Gasteiger partial charge in [-0.05, 0) is 36.8 Å². The van der Waals surface area contributed by atoms with E-state index in [9.17, 15) is 0 Å². The number of aryl methyl sites for hydroxylation is 1. The van der Waals surface area contributed by atoms with Crippen LogP contribution in [0.1, 0.15) is 4.88 Å². The minimum Gasteiger partial charge on any atom is -0.328 e. The van der Waals surface area contributed by atoms with Crippen LogP contribution in [0, 0.1) is 6.92 Å². The van der Waals surface area contributed by atoms with E-state index in [-0.39, 0.29) is 0 Å². The fourth-order valence-electron chi connectivity index (χ4n) is 1.32. The first-order valence-corrected chi connectivity index (χ1v) is 6.22. The van der Waals surface area contributed by atoms with Crippen molar-refractivity contribution in [3.05, 3.63) is 41.3 Å². The van der Waals surface area contributed by atoms with E-state index in [1.54, 1.807) is 0 Å². The first-order chi connectivity index (χ1) is 6.79. The van der Waals surface area contributed by atoms with Gasteiger partial charge in [0.2, 0.25) is 0 Å². The second-order valence-electron chi connectivity index (χ2n) is 3.09. The van der Waals surface area contributed by atoms with Gasteiger partial charge in [-0.25, -0.2) is 0 Å². The van der Waals surface area contributed by atoms with Crippen LogP contribution in [0.2, 0.25) is 0 Å². The lowest BCUT2D eigenvalue weighted by atomic mass is 10.2. The standard InChI is InChI=1S/C11H10INS/c1-8-5-6-11(14-8)9-3-2-4-10(7-9)13-12/h2-7,13H,1H3. The summed E-state index contributed by atoms with van der Waals surface area (Å²) in [7, 11) is 0. The van der Waals surface area contributed by atoms with E-state index in [1.165, 1.54) is 15.3 Å². The van der Waals surface area contributed by atoms with Crippen molar-refractivity contribution in [2.75, 3.05) is 3.53 Å². The predicted octanol–water partition coefficient (Wildman–Crippen LogP) is 4.49. The van der Waals surface area contributed by atoms with E-state index in [2.05, 4.69) is 69.7 Å². The van der Waals surface area contributed by atoms with Crippen molar-refractivity contribution >= 4 is 39.9 Å². The maximum atomic E-state index is 3.12. The third-order valence-corrected chi connectivity index (χ3v) is 3.67. The fourth-order valence-corrected chi connectivity index (χ4v) is 2.52. The molecule has 2 rings (SSSR count). The van der Waals surface area contributed by atoms with Crippen molar-refractivity contribution in [2.45, 2.75) is 6.92 Å². The molecule has 0 bridgehead atoms. The Morgan fingerprint density at radius 2 is 2.07 bits per heavy atom. The van der Waals surface area contributed by atoms with Gasteiger partial charge in [0.25, 0.3) is 0 Å². The molecule has 0 aliphatic carbocycles. The van der Waals surface area contributed by atoms with Gasteiger partial charge in [-0.15, -0.1) is 11.3 Å². The Morgan fingerprint density at radius 3 is 2.71 bits per heavy atom. The van der Waals surface area contributed by atoms with Gasteiger partial charge in [0.15, 0.2) is 0 Å². The summed E-state index contributed by atoms with van der Waals surface area (Å²) in [6.45, 7) is 2.13. The van der Waals surface area contributed by atoms with E-state index in [0.29, 0.717) is 0 Å². The summed E-state index contributed by atoms with van der Waals surface area (Å²) in [5, 5.41) is 0. The molecule has 0 saturated carbocycles. The van der Waals surface area contributed by atoms with Gasteiger partial charge in [-0.2, -0.15) is 0 Å². The molecule has 1 aromatic heterocycles. The molecule has 1 nitrogen and oxygen atoms in total. The van der Waals surface area contributed by atoms with Crippen LogP contribution in [0.3, 0.4) is 0 Å². The molecule has 1 heterocycles. The highest BCUT2D eigenvalue weighted by Crippen LogP contribution is 2.29. The Labute approximate surface area is 102 Å². The molecular formula is C11H10INS. The molecule has 0 saturated heterocycles. The van der Waals surface area contributed by atoms with Crippen molar-refractivity contribution < 1.29 is 0 Å². The highest BCUT2D eigenvalue weighted by atomic mass is 127. The largest absolute Gasteiger partial charge is 0.328 e. The number of hydrogen-bond donors (Lipinski definition) is 1. The minimum absolute atomic E-state index is 1.15. The third-order valence-electron chi connectivity index (χ3n) is 2.00. The maximum absolute atomic E-state index is 3.12. The first-order valence-electron chi connectivity index (χ1n) is 4.33. The van der Waals surface area contributed by atoms with E-state index in [0.717, 1.165) is 5.69 Å². The molecule has 3 heteroatoms. The van der Waals surface area contributed by atoms with Gasteiger partial charge >= 0.3 is 0 Å². The Kier molecular flexibility index (Phi) is 3.08. The van der Waals surface area contributed by atoms with Gasteiger partial charge in [0, 0.05) is 15.4 Å². The van der Waals surface area contributed by atoms with Crippen LogP contribution in [0.15, 0.2) is 36.4 Å². The van der Waals surface area contributed by atoms with Gasteiger partial charge in [-0.3, -0.25) is 0 Å². The number of benzene rings is 1. The molecule has 72 valence electrons. The Morgan fingerprint density at radius 1 is 1.21 bits per heavy atom. The van der Waals surface area contributed by atoms with Gasteiger partial charge in [-0.1, -0.05) is 12.1 Å². The van der Waals surface area contributed by atoms with Crippen LogP contribution in [0.5, 0.6) is 0 Å². The molecule has 0 amide bonds. The molecule has 0 radical (unpaired) electrons. The molecule has 1 N–H and O–H groups in total. The number of rotatable bonds is 2. The van der Waals surface area contributed by atoms with E-state index >= 15 is 0 Å². The second-order valence-corrected chi connectivity index (χ2v) is 4.91. The summed E-state index contributed by atoms with van der Waals surface area (Å²) in [5.74, 6) is 0. The summed E-state index contributed by atoms with van der Waals surface area (Å²) in [6, 6.07) is 12.8. The first kappa shape index (κ1) is 9.98. The molecule has 0 unspecified atom stereocenters. The van der Waals surface area contributed by atoms with Crippen LogP contribution in [0.4, 0.5) is 5.69 Å². The highest BCUT2D eigenvalue weighted by molar-refractivity contribution is 14.1. The van der Waals surface area contributed by atoms with Crippen LogP contribution < -0.4 is 3.53 Å². The smallest absolute Gasteiger partial charge is 0.0560 e. The molecule has 0 spiro atoms. The summed E-state index contributed by atoms with van der Waals surface area (Å²) < 4.78 is 3.12. The van der Waals surface area contributed by atoms with Crippen molar-refractivity contribution in [1.82, 2.24) is 0 Å². The van der Waals surface area contributed by atoms with Crippen molar-refractivity contribution in [1.29, 1.82) is 0 Å². The van der Waals surface area contributed by atoms with Crippen molar-refractivity contribution in [3.8, 4) is 10.4 Å². The molecule has 0 atom stereocenters. The summed E-state index contributed by atoms with van der Waals surface area (Å²) in [5.41, 5.74) is 2.43. The zero-order valence-electron chi connectivity index (χ0n) is 7.75. The second kappa shape index (κ2) is 4.31. The van der Waals surface area contributed by atoms with Crippen LogP contribution in [0.25, 0.3) is 10.4 Å². The Hall–Kier alpha value is -0.550. The third kappa shape index (κ3) is 2.09. The van der Waals surface area contributed by atoms with Crippen molar-refractivity contribution in [3.63, 3.8) is 0 Å². The lowest BCUT2D eigenvalue weighted by Crippen LogP contribution is -1.79. The highest BCUT2D eigenvalue weighted by Gasteiger charge is 2.00. The number of halogens is 1. The summed E-state index contributed by atoms with van der Waals surface area (Å²) >= 11 is 3.98. The number of thiophene rings is 1. The summed E-state index contributed by atoms with van der Waals surface area (Å²) in [6.07, 6.45) is 0. The quantitative estimate of drug-likeness (QED) is 0.636. The average molecular weight is 315 g/mol. The molecular weight excluding hydrogens is 305 g/mol. The SMILES string of the molecule is Cc1ccc(-c2cccc(NI)c2)s1. The predicted molar refractivity (Wildman–Crippen MR) is 72.1 cm³/mol. The molecule has 14 heavy (non-hydrogen) atoms. The number of anilines is 1. The topological polar surface area (TPSA) is 12.0 Å². The van der Waals surface area contributed by atoms with Gasteiger partial charge in [0.1, 0.15) is 0 Å². The zero-order chi connectivity index (χ0) is 9.97. The van der Waals surface area contributed by atoms with Crippen LogP contribution in [-0.4, -0.2) is 0 Å². The monoisotopic (exact) mass is 315 g/mol. The van der Waals surface area contributed by atoms with Crippen molar-refractivity contribution in [2.24, 2.45) is 0 Å². The zero-order valence-corrected chi connectivity index (χ0v) is 10.7. The minimum atomic E-state index is 1.15. The Balaban J connectivity index is 2.41. The lowest BCUT2D eigenvalue weighted by Gasteiger charge is -2.00. The Bertz CT molecular complexity index is 436. The maximum Gasteiger partial charge on any atom is 0.0560 e. The van der Waals surface area contributed by atoms with Crippen LogP contribution in [-0.2, 0) is 0 Å². The number of nitrogens with one attached hydrogen (secondary N) is 1. The molecule has 0 aliphatic heterocycles. The number of hydrogen-bond acceptors (Lipinski definition) is 2. The molecule has 0 fully saturated rings.